The van der Waals surface area contributed by atoms with Gasteiger partial charge in [-0.1, -0.05) is 0 Å². The van der Waals surface area contributed by atoms with Gasteiger partial charge in [0.05, 0.1) is 19.3 Å². The molecule has 0 aliphatic carbocycles. The van der Waals surface area contributed by atoms with E-state index in [0.29, 0.717) is 24.2 Å². The maximum atomic E-state index is 12.5. The first kappa shape index (κ1) is 21.5. The minimum atomic E-state index is -0.175. The lowest BCUT2D eigenvalue weighted by molar-refractivity contribution is 0.0237. The van der Waals surface area contributed by atoms with Crippen molar-refractivity contribution in [2.75, 3.05) is 26.3 Å². The van der Waals surface area contributed by atoms with Crippen LogP contribution in [-0.4, -0.2) is 53.1 Å². The Bertz CT molecular complexity index is 788. The van der Waals surface area contributed by atoms with Crippen molar-refractivity contribution in [1.29, 1.82) is 0 Å². The van der Waals surface area contributed by atoms with Crippen molar-refractivity contribution >= 4 is 18.3 Å². The largest absolute Gasteiger partial charge is 0.474 e. The summed E-state index contributed by atoms with van der Waals surface area (Å²) in [6.45, 7) is 3.81. The number of nitrogens with zero attached hydrogens (tertiary/aromatic N) is 3. The highest BCUT2D eigenvalue weighted by Gasteiger charge is 2.18. The van der Waals surface area contributed by atoms with Crippen LogP contribution in [0.4, 0.5) is 0 Å². The zero-order valence-electron chi connectivity index (χ0n) is 16.4. The molecule has 4 heterocycles. The third kappa shape index (κ3) is 5.91. The molecule has 0 bridgehead atoms. The van der Waals surface area contributed by atoms with Crippen LogP contribution in [0.3, 0.4) is 0 Å². The lowest BCUT2D eigenvalue weighted by Gasteiger charge is -2.23. The van der Waals surface area contributed by atoms with E-state index in [4.69, 9.17) is 9.47 Å². The summed E-state index contributed by atoms with van der Waals surface area (Å²) < 4.78 is 13.2. The molecule has 8 nitrogen and oxygen atoms in total. The molecular formula is C20H28ClN5O3. The molecule has 9 heteroatoms. The van der Waals surface area contributed by atoms with Crippen molar-refractivity contribution in [2.45, 2.75) is 44.4 Å². The molecular weight excluding hydrogens is 394 g/mol. The molecule has 0 saturated carbocycles. The topological polar surface area (TPSA) is 90.3 Å². The van der Waals surface area contributed by atoms with Crippen LogP contribution >= 0.6 is 12.4 Å². The van der Waals surface area contributed by atoms with Gasteiger partial charge in [-0.2, -0.15) is 5.10 Å². The summed E-state index contributed by atoms with van der Waals surface area (Å²) in [5.74, 6) is 0.416. The van der Waals surface area contributed by atoms with E-state index in [2.05, 4.69) is 20.7 Å². The molecule has 2 N–H and O–H groups in total. The highest BCUT2D eigenvalue weighted by atomic mass is 35.5. The second-order valence-corrected chi connectivity index (χ2v) is 7.30. The quantitative estimate of drug-likeness (QED) is 0.742. The molecule has 2 fully saturated rings. The predicted molar refractivity (Wildman–Crippen MR) is 110 cm³/mol. The molecule has 158 valence electrons. The monoisotopic (exact) mass is 421 g/mol. The lowest BCUT2D eigenvalue weighted by atomic mass is 10.1. The first-order chi connectivity index (χ1) is 13.8. The van der Waals surface area contributed by atoms with Gasteiger partial charge in [0.15, 0.2) is 0 Å². The van der Waals surface area contributed by atoms with Gasteiger partial charge in [0.1, 0.15) is 11.8 Å². The molecule has 0 aromatic carbocycles. The average molecular weight is 422 g/mol. The van der Waals surface area contributed by atoms with E-state index < -0.39 is 0 Å². The first-order valence-electron chi connectivity index (χ1n) is 10.0. The van der Waals surface area contributed by atoms with Crippen molar-refractivity contribution in [2.24, 2.45) is 0 Å². The van der Waals surface area contributed by atoms with Crippen molar-refractivity contribution in [1.82, 2.24) is 25.4 Å². The lowest BCUT2D eigenvalue weighted by Crippen LogP contribution is -2.32. The van der Waals surface area contributed by atoms with Crippen molar-refractivity contribution < 1.29 is 14.3 Å². The third-order valence-corrected chi connectivity index (χ3v) is 5.19. The summed E-state index contributed by atoms with van der Waals surface area (Å²) in [7, 11) is 0. The summed E-state index contributed by atoms with van der Waals surface area (Å²) in [5.41, 5.74) is 1.39. The molecule has 2 aromatic rings. The van der Waals surface area contributed by atoms with Gasteiger partial charge >= 0.3 is 0 Å². The molecule has 2 saturated heterocycles. The average Bonchev–Trinajstić information content (AvgIpc) is 3.24. The number of nitrogens with one attached hydrogen (secondary N) is 2. The van der Waals surface area contributed by atoms with Crippen LogP contribution in [0.15, 0.2) is 30.6 Å². The maximum absolute atomic E-state index is 12.5. The number of carbonyl (C=O) groups excluding carboxylic acids is 1. The van der Waals surface area contributed by atoms with Gasteiger partial charge in [-0.3, -0.25) is 9.48 Å². The Hall–Kier alpha value is -2.16. The van der Waals surface area contributed by atoms with Crippen molar-refractivity contribution in [3.05, 3.63) is 41.9 Å². The molecule has 2 aliphatic heterocycles. The number of carbonyl (C=O) groups is 1. The Morgan fingerprint density at radius 3 is 2.97 bits per heavy atom. The number of halogens is 1. The van der Waals surface area contributed by atoms with Gasteiger partial charge in [-0.25, -0.2) is 4.98 Å². The molecule has 1 atom stereocenters. The maximum Gasteiger partial charge on any atom is 0.272 e. The van der Waals surface area contributed by atoms with Crippen LogP contribution in [0.5, 0.6) is 5.88 Å². The fourth-order valence-corrected chi connectivity index (χ4v) is 3.58. The Morgan fingerprint density at radius 1 is 1.31 bits per heavy atom. The van der Waals surface area contributed by atoms with E-state index in [0.717, 1.165) is 57.6 Å². The van der Waals surface area contributed by atoms with E-state index in [-0.39, 0.29) is 24.4 Å². The van der Waals surface area contributed by atoms with E-state index in [1.165, 1.54) is 0 Å². The first-order valence-corrected chi connectivity index (χ1v) is 10.0. The van der Waals surface area contributed by atoms with Crippen molar-refractivity contribution in [3.63, 3.8) is 0 Å². The van der Waals surface area contributed by atoms with E-state index in [1.54, 1.807) is 12.3 Å². The minimum Gasteiger partial charge on any atom is -0.474 e. The van der Waals surface area contributed by atoms with Crippen LogP contribution in [0.2, 0.25) is 0 Å². The van der Waals surface area contributed by atoms with Gasteiger partial charge in [0.25, 0.3) is 5.91 Å². The van der Waals surface area contributed by atoms with Crippen LogP contribution in [0, 0.1) is 0 Å². The zero-order chi connectivity index (χ0) is 19.2. The van der Waals surface area contributed by atoms with E-state index in [1.807, 2.05) is 23.0 Å². The second kappa shape index (κ2) is 10.6. The summed E-state index contributed by atoms with van der Waals surface area (Å²) in [6, 6.07) is 5.85. The summed E-state index contributed by atoms with van der Waals surface area (Å²) >= 11 is 0. The summed E-state index contributed by atoms with van der Waals surface area (Å²) in [4.78, 5) is 16.7. The Labute approximate surface area is 176 Å². The fraction of sp³-hybridized carbons (Fsp3) is 0.550. The number of piperidine rings is 1. The molecule has 0 radical (unpaired) electrons. The predicted octanol–water partition coefficient (Wildman–Crippen LogP) is 2.11. The number of hydrogen-bond acceptors (Lipinski definition) is 6. The number of pyridine rings is 1. The summed E-state index contributed by atoms with van der Waals surface area (Å²) in [5, 5.41) is 10.8. The van der Waals surface area contributed by atoms with Crippen LogP contribution in [-0.2, 0) is 11.3 Å². The number of aromatic nitrogens is 3. The zero-order valence-corrected chi connectivity index (χ0v) is 17.2. The minimum absolute atomic E-state index is 0. The van der Waals surface area contributed by atoms with E-state index >= 15 is 0 Å². The van der Waals surface area contributed by atoms with Crippen molar-refractivity contribution in [3.8, 4) is 5.88 Å². The van der Waals surface area contributed by atoms with Crippen LogP contribution < -0.4 is 15.4 Å². The van der Waals surface area contributed by atoms with Crippen LogP contribution in [0.1, 0.15) is 47.8 Å². The molecule has 2 aromatic heterocycles. The Kier molecular flexibility index (Phi) is 7.85. The number of rotatable bonds is 6. The number of amides is 1. The fourth-order valence-electron chi connectivity index (χ4n) is 3.58. The molecule has 4 rings (SSSR count). The molecule has 29 heavy (non-hydrogen) atoms. The summed E-state index contributed by atoms with van der Waals surface area (Å²) in [6.07, 6.45) is 7.71. The standard InChI is InChI=1S/C20H27N5O3.ClH/c26-20(18-4-9-25(24-18)16-2-1-7-21-14-16)23-13-15-3-8-22-19(12-15)28-17-5-10-27-11-6-17;/h3-4,8-9,12,16-17,21H,1-2,5-7,10-11,13-14H2,(H,23,26);1H. The van der Waals surface area contributed by atoms with Gasteiger partial charge in [-0.05, 0) is 37.1 Å². The van der Waals surface area contributed by atoms with Gasteiger partial charge in [0, 0.05) is 44.4 Å². The molecule has 1 unspecified atom stereocenters. The number of hydrogen-bond donors (Lipinski definition) is 2. The molecule has 1 amide bonds. The number of ether oxygens (including phenoxy) is 2. The van der Waals surface area contributed by atoms with Gasteiger partial charge in [-0.15, -0.1) is 12.4 Å². The molecule has 2 aliphatic rings. The molecule has 0 spiro atoms. The Morgan fingerprint density at radius 2 is 2.17 bits per heavy atom. The van der Waals surface area contributed by atoms with Crippen LogP contribution in [0.25, 0.3) is 0 Å². The normalized spacial score (nSPS) is 19.9. The Balaban J connectivity index is 0.00000240. The van der Waals surface area contributed by atoms with E-state index in [9.17, 15) is 4.79 Å². The highest BCUT2D eigenvalue weighted by molar-refractivity contribution is 5.92. The highest BCUT2D eigenvalue weighted by Crippen LogP contribution is 2.17. The van der Waals surface area contributed by atoms with Gasteiger partial charge in [0.2, 0.25) is 5.88 Å². The SMILES string of the molecule is Cl.O=C(NCc1ccnc(OC2CCOCC2)c1)c1ccn(C2CCCNC2)n1. The smallest absolute Gasteiger partial charge is 0.272 e. The van der Waals surface area contributed by atoms with Gasteiger partial charge < -0.3 is 20.1 Å². The third-order valence-electron chi connectivity index (χ3n) is 5.19. The second-order valence-electron chi connectivity index (χ2n) is 7.30.